The average molecular weight is 1380 g/mol. The number of aliphatic carboxylic acids is 1. The van der Waals surface area contributed by atoms with Crippen LogP contribution in [0.3, 0.4) is 0 Å². The molecule has 25 nitrogen and oxygen atoms in total. The fourth-order valence-electron chi connectivity index (χ4n) is 11.4. The van der Waals surface area contributed by atoms with Gasteiger partial charge in [-0.25, -0.2) is 34.9 Å². The van der Waals surface area contributed by atoms with Crippen LogP contribution in [0.25, 0.3) is 43.4 Å². The number of nitrogens with zero attached hydrogens (tertiary/aromatic N) is 8. The minimum absolute atomic E-state index is 0.00486. The molecule has 10 bridgehead atoms. The number of nitrogens with one attached hydrogen (secondary N) is 4. The van der Waals surface area contributed by atoms with Gasteiger partial charge < -0.3 is 57.7 Å². The minimum Gasteiger partial charge on any atom is -0.492 e. The maximum absolute atomic E-state index is 15.4. The molecule has 7 aromatic heterocycles. The third kappa shape index (κ3) is 14.4. The number of hydrogen-bond donors (Lipinski definition) is 9. The van der Waals surface area contributed by atoms with Crippen LogP contribution in [0.2, 0.25) is 0 Å². The second-order valence-corrected chi connectivity index (χ2v) is 28.8. The van der Waals surface area contributed by atoms with Crippen molar-refractivity contribution < 1.29 is 53.6 Å². The lowest BCUT2D eigenvalue weighted by molar-refractivity contribution is -0.143. The van der Waals surface area contributed by atoms with Crippen molar-refractivity contribution in [2.75, 3.05) is 13.2 Å². The molecular weight excluding hydrogens is 1320 g/mol. The third-order valence-electron chi connectivity index (χ3n) is 16.4. The number of hydrogen-bond acceptors (Lipinski definition) is 24. The summed E-state index contributed by atoms with van der Waals surface area (Å²) in [6, 6.07) is 14.2. The van der Waals surface area contributed by atoms with Crippen LogP contribution in [0, 0.1) is 18.8 Å². The van der Waals surface area contributed by atoms with Crippen LogP contribution >= 0.6 is 68.0 Å². The van der Waals surface area contributed by atoms with Crippen molar-refractivity contribution in [1.29, 1.82) is 0 Å². The Morgan fingerprint density at radius 2 is 1.35 bits per heavy atom. The van der Waals surface area contributed by atoms with Gasteiger partial charge in [-0.05, 0) is 74.9 Å². The van der Waals surface area contributed by atoms with Gasteiger partial charge in [0, 0.05) is 68.3 Å². The second-order valence-electron chi connectivity index (χ2n) is 23.2. The summed E-state index contributed by atoms with van der Waals surface area (Å²) in [5.41, 5.74) is 14.8. The number of carboxylic acids is 1. The number of thiazole rings is 6. The predicted molar refractivity (Wildman–Crippen MR) is 354 cm³/mol. The Hall–Kier alpha value is -8.66. The molecule has 2 fully saturated rings. The summed E-state index contributed by atoms with van der Waals surface area (Å²) < 4.78 is 5.83. The molecule has 8 atom stereocenters. The molecule has 1 saturated heterocycles. The SMILES string of the molecule is Cc1sc2nc1C(=O)N[C@@H]([C@H](O)c1ccccc1)c1nc(cs1)C(=O)N[C@@H](Cc1ccc(OCC(C)N)cc1)C(=O)N1C[C@H](O)[C@H](C)[C@H]1c1nc(cs1)-c1nc(cs1)-c1nc(-c3nc(C(=O)NC4CCC(C(=O)O)CC4)cs3)ccc1-c1nc(cs1)C(=O)N[C@H]2CC(N)=O. The zero-order valence-electron chi connectivity index (χ0n) is 50.5. The van der Waals surface area contributed by atoms with E-state index >= 15 is 4.79 Å². The maximum Gasteiger partial charge on any atom is 0.306 e. The van der Waals surface area contributed by atoms with Crippen LogP contribution in [0.4, 0.5) is 0 Å². The van der Waals surface area contributed by atoms with E-state index in [-0.39, 0.29) is 64.4 Å². The largest absolute Gasteiger partial charge is 0.492 e. The first-order valence-corrected chi connectivity index (χ1v) is 35.1. The number of primary amides is 1. The fraction of sp³-hybridized carbons (Fsp3) is 0.333. The molecule has 2 aromatic carbocycles. The van der Waals surface area contributed by atoms with E-state index in [0.29, 0.717) is 95.8 Å². The molecule has 9 heterocycles. The van der Waals surface area contributed by atoms with E-state index < -0.39 is 96.0 Å². The van der Waals surface area contributed by atoms with Crippen molar-refractivity contribution in [3.8, 4) is 49.1 Å². The van der Waals surface area contributed by atoms with Gasteiger partial charge in [0.05, 0.1) is 36.2 Å². The van der Waals surface area contributed by atoms with E-state index in [2.05, 4.69) is 36.2 Å². The number of rotatable bonds is 13. The first-order chi connectivity index (χ1) is 45.2. The number of carbonyl (C=O) groups excluding carboxylic acids is 6. The van der Waals surface area contributed by atoms with Crippen LogP contribution in [0.15, 0.2) is 93.6 Å². The summed E-state index contributed by atoms with van der Waals surface area (Å²) in [6.07, 6.45) is -0.860. The molecule has 0 spiro atoms. The number of pyridine rings is 1. The molecule has 94 heavy (non-hydrogen) atoms. The predicted octanol–water partition coefficient (Wildman–Crippen LogP) is 7.68. The van der Waals surface area contributed by atoms with Crippen LogP contribution in [0.1, 0.15) is 143 Å². The van der Waals surface area contributed by atoms with E-state index in [4.69, 9.17) is 36.1 Å². The van der Waals surface area contributed by atoms with Crippen LogP contribution < -0.4 is 37.5 Å². The van der Waals surface area contributed by atoms with Crippen LogP contribution in [-0.2, 0) is 20.8 Å². The Morgan fingerprint density at radius 3 is 2.09 bits per heavy atom. The molecule has 3 aliphatic rings. The molecule has 486 valence electrons. The number of nitrogens with two attached hydrogens (primary N) is 2. The summed E-state index contributed by atoms with van der Waals surface area (Å²) in [5.74, 6) is -5.14. The van der Waals surface area contributed by atoms with Gasteiger partial charge in [-0.1, -0.05) is 49.4 Å². The monoisotopic (exact) mass is 1380 g/mol. The van der Waals surface area contributed by atoms with Crippen molar-refractivity contribution in [1.82, 2.24) is 61.1 Å². The molecule has 11 N–H and O–H groups in total. The number of aromatic nitrogens is 7. The highest BCUT2D eigenvalue weighted by Gasteiger charge is 2.46. The summed E-state index contributed by atoms with van der Waals surface area (Å²) >= 11 is 6.93. The van der Waals surface area contributed by atoms with Gasteiger partial charge in [-0.2, -0.15) is 0 Å². The van der Waals surface area contributed by atoms with Gasteiger partial charge in [0.15, 0.2) is 0 Å². The first kappa shape index (κ1) is 65.4. The zero-order chi connectivity index (χ0) is 66.1. The summed E-state index contributed by atoms with van der Waals surface area (Å²) in [5, 5.41) is 55.1. The number of ether oxygens (including phenoxy) is 1. The van der Waals surface area contributed by atoms with Gasteiger partial charge in [0.25, 0.3) is 23.6 Å². The van der Waals surface area contributed by atoms with Gasteiger partial charge in [-0.3, -0.25) is 33.6 Å². The number of aliphatic hydroxyl groups is 2. The Labute approximate surface area is 561 Å². The van der Waals surface area contributed by atoms with Gasteiger partial charge in [-0.15, -0.1) is 68.0 Å². The second kappa shape index (κ2) is 28.1. The molecule has 12 rings (SSSR count). The first-order valence-electron chi connectivity index (χ1n) is 29.9. The van der Waals surface area contributed by atoms with Crippen molar-refractivity contribution >= 4 is 109 Å². The molecule has 1 saturated carbocycles. The Bertz CT molecular complexity index is 4310. The average Bonchev–Trinajstić information content (AvgIpc) is 1.63. The van der Waals surface area contributed by atoms with Crippen molar-refractivity contribution in [2.24, 2.45) is 23.3 Å². The highest BCUT2D eigenvalue weighted by atomic mass is 32.1. The standard InChI is InChI=1S/C63H62N14O11S6/c1-28(64)22-88-35-15-9-31(10-16-35)19-39-62(85)77-21-45(78)29(2)50(77)61-74-44(27-93-61)58-70-40(23-90-58)48-36(17-18-37(67-48)57-72-41(25-91-57)52(81)66-34-13-11-33(12-14-34)63(86)87)56-71-42(24-89-56)53(82)68-38(20-46(65)79)59-76-47(30(3)94-59)55(84)75-49(51(80)32-7-5-4-6-8-32)60-73-43(26-92-60)54(83)69-39/h4-10,15-18,23-29,33-34,38-39,45,49-51,78,80H,11-14,19-22,64H2,1-3H3,(H2,65,79)(H,66,81)(H,68,82)(H,69,83)(H,75,84)(H,86,87)/t28?,29-,33?,34?,38-,39-,45-,49-,50-,51+/m0/s1. The fourth-order valence-corrected chi connectivity index (χ4v) is 16.7. The van der Waals surface area contributed by atoms with Crippen molar-refractivity contribution in [3.05, 3.63) is 147 Å². The number of fused-ring (bicyclic) bond motifs is 16. The number of carboxylic acid groups (broad SMARTS) is 1. The highest BCUT2D eigenvalue weighted by molar-refractivity contribution is 7.15. The van der Waals surface area contributed by atoms with Gasteiger partial charge in [0.2, 0.25) is 11.8 Å². The van der Waals surface area contributed by atoms with E-state index in [1.165, 1.54) is 44.3 Å². The lowest BCUT2D eigenvalue weighted by Crippen LogP contribution is -2.50. The lowest BCUT2D eigenvalue weighted by Gasteiger charge is -2.29. The van der Waals surface area contributed by atoms with Gasteiger partial charge in [0.1, 0.15) is 100 Å². The molecule has 0 radical (unpaired) electrons. The highest BCUT2D eigenvalue weighted by Crippen LogP contribution is 2.43. The molecular formula is C63H62N14O11S6. The Kier molecular flexibility index (Phi) is 19.6. The number of aliphatic hydroxyl groups excluding tert-OH is 2. The van der Waals surface area contributed by atoms with E-state index in [1.54, 1.807) is 89.8 Å². The molecule has 31 heteroatoms. The van der Waals surface area contributed by atoms with Gasteiger partial charge >= 0.3 is 5.97 Å². The Balaban J connectivity index is 0.929. The molecule has 1 unspecified atom stereocenters. The number of amides is 6. The van der Waals surface area contributed by atoms with Crippen LogP contribution in [0.5, 0.6) is 5.75 Å². The molecule has 9 aromatic rings. The summed E-state index contributed by atoms with van der Waals surface area (Å²) in [7, 11) is 0. The molecule has 1 aliphatic carbocycles. The van der Waals surface area contributed by atoms with Crippen molar-refractivity contribution in [2.45, 2.75) is 108 Å². The maximum atomic E-state index is 15.4. The normalized spacial score (nSPS) is 21.7. The lowest BCUT2D eigenvalue weighted by atomic mass is 9.86. The summed E-state index contributed by atoms with van der Waals surface area (Å²) in [6.45, 7) is 5.46. The zero-order valence-corrected chi connectivity index (χ0v) is 55.4. The van der Waals surface area contributed by atoms with E-state index in [9.17, 15) is 44.1 Å². The van der Waals surface area contributed by atoms with E-state index in [1.807, 2.05) is 19.2 Å². The van der Waals surface area contributed by atoms with Crippen LogP contribution in [-0.4, -0.2) is 134 Å². The quantitative estimate of drug-likeness (QED) is 0.0534. The summed E-state index contributed by atoms with van der Waals surface area (Å²) in [4.78, 5) is 133. The smallest absolute Gasteiger partial charge is 0.306 e. The number of aryl methyl sites for hydroxylation is 1. The number of benzene rings is 2. The number of carbonyl (C=O) groups is 7. The van der Waals surface area contributed by atoms with E-state index in [0.717, 1.165) is 34.0 Å². The minimum atomic E-state index is -1.42. The Morgan fingerprint density at radius 1 is 0.702 bits per heavy atom. The van der Waals surface area contributed by atoms with Crippen molar-refractivity contribution in [3.63, 3.8) is 0 Å². The third-order valence-corrected chi connectivity index (χ3v) is 21.9. The topological polar surface area (TPSA) is 383 Å². The molecule has 6 amide bonds. The molecule has 2 aliphatic heterocycles.